The minimum atomic E-state index is -1.56. The van der Waals surface area contributed by atoms with Gasteiger partial charge in [0.15, 0.2) is 5.82 Å². The first-order valence-electron chi connectivity index (χ1n) is 12.8. The van der Waals surface area contributed by atoms with Crippen LogP contribution in [0.15, 0.2) is 76.4 Å². The van der Waals surface area contributed by atoms with Crippen molar-refractivity contribution in [2.45, 2.75) is 12.5 Å². The summed E-state index contributed by atoms with van der Waals surface area (Å²) in [6.45, 7) is 0. The van der Waals surface area contributed by atoms with Crippen LogP contribution in [-0.2, 0) is 18.3 Å². The number of benzene rings is 3. The third-order valence-corrected chi connectivity index (χ3v) is 7.07. The number of aromatic nitrogens is 3. The van der Waals surface area contributed by atoms with Crippen molar-refractivity contribution in [3.8, 4) is 5.82 Å². The van der Waals surface area contributed by atoms with Crippen molar-refractivity contribution in [3.05, 3.63) is 110 Å². The summed E-state index contributed by atoms with van der Waals surface area (Å²) < 4.78 is 30.6. The Balaban J connectivity index is 1.61. The fourth-order valence-electron chi connectivity index (χ4n) is 4.89. The van der Waals surface area contributed by atoms with E-state index in [1.54, 1.807) is 49.5 Å². The number of pyridine rings is 1. The first-order chi connectivity index (χ1) is 20.0. The van der Waals surface area contributed by atoms with Crippen molar-refractivity contribution in [1.82, 2.24) is 19.4 Å². The zero-order valence-electron chi connectivity index (χ0n) is 22.8. The highest BCUT2D eigenvalue weighted by Crippen LogP contribution is 2.25. The molecule has 0 spiro atoms. The number of carboxylic acid groups (broad SMARTS) is 1. The molecule has 10 nitrogen and oxygen atoms in total. The van der Waals surface area contributed by atoms with Gasteiger partial charge < -0.3 is 15.3 Å². The van der Waals surface area contributed by atoms with Gasteiger partial charge in [0.25, 0.3) is 11.5 Å². The van der Waals surface area contributed by atoms with E-state index in [1.165, 1.54) is 10.8 Å². The van der Waals surface area contributed by atoms with E-state index >= 15 is 0 Å². The van der Waals surface area contributed by atoms with Crippen molar-refractivity contribution in [1.29, 1.82) is 0 Å². The summed E-state index contributed by atoms with van der Waals surface area (Å²) in [5, 5.41) is 13.2. The number of hydrogen-bond acceptors (Lipinski definition) is 6. The van der Waals surface area contributed by atoms with Crippen molar-refractivity contribution in [3.63, 3.8) is 0 Å². The van der Waals surface area contributed by atoms with Crippen LogP contribution in [0.3, 0.4) is 0 Å². The lowest BCUT2D eigenvalue weighted by Gasteiger charge is -2.18. The van der Waals surface area contributed by atoms with Gasteiger partial charge in [-0.25, -0.2) is 27.9 Å². The average molecular weight is 574 g/mol. The summed E-state index contributed by atoms with van der Waals surface area (Å²) in [5.74, 6) is -4.86. The second-order valence-electron chi connectivity index (χ2n) is 9.89. The SMILES string of the molecule is CN(C)c1ccc2c(c1)c(=O)n(-c1nccc3c(CC(NC(=O)c4c(F)cccc4F)C(=O)O)cccc13)c(=O)n2C. The van der Waals surface area contributed by atoms with Crippen LogP contribution in [0.2, 0.25) is 0 Å². The summed E-state index contributed by atoms with van der Waals surface area (Å²) in [7, 11) is 5.20. The number of fused-ring (bicyclic) bond motifs is 2. The van der Waals surface area contributed by atoms with Gasteiger partial charge in [-0.05, 0) is 47.3 Å². The number of carbonyl (C=O) groups excluding carboxylic acids is 1. The molecule has 0 radical (unpaired) electrons. The highest BCUT2D eigenvalue weighted by atomic mass is 19.1. The lowest BCUT2D eigenvalue weighted by Crippen LogP contribution is -2.43. The van der Waals surface area contributed by atoms with E-state index in [0.717, 1.165) is 28.5 Å². The van der Waals surface area contributed by atoms with E-state index in [4.69, 9.17) is 0 Å². The standard InChI is InChI=1S/C30H25F2N5O5/c1-35(2)17-10-11-24-20(15-17)28(39)37(30(42)36(24)3)26-19-7-4-6-16(18(19)12-13-33-26)14-23(29(40)41)34-27(38)25-21(31)8-5-9-22(25)32/h4-13,15,23H,14H2,1-3H3,(H,34,38)(H,40,41). The molecule has 5 rings (SSSR count). The van der Waals surface area contributed by atoms with Gasteiger partial charge in [-0.1, -0.05) is 24.3 Å². The molecule has 2 heterocycles. The number of nitrogens with zero attached hydrogens (tertiary/aromatic N) is 4. The van der Waals surface area contributed by atoms with Crippen LogP contribution in [0.25, 0.3) is 27.5 Å². The highest BCUT2D eigenvalue weighted by molar-refractivity contribution is 5.97. The molecule has 1 amide bonds. The normalized spacial score (nSPS) is 11.9. The van der Waals surface area contributed by atoms with E-state index in [2.05, 4.69) is 10.3 Å². The molecule has 0 aliphatic rings. The molecule has 0 bridgehead atoms. The predicted molar refractivity (Wildman–Crippen MR) is 153 cm³/mol. The Kier molecular flexibility index (Phi) is 7.29. The van der Waals surface area contributed by atoms with E-state index in [0.29, 0.717) is 27.2 Å². The number of hydrogen-bond donors (Lipinski definition) is 2. The Hall–Kier alpha value is -5.39. The Morgan fingerprint density at radius 2 is 1.67 bits per heavy atom. The van der Waals surface area contributed by atoms with Gasteiger partial charge in [-0.3, -0.25) is 14.2 Å². The number of aryl methyl sites for hydroxylation is 1. The number of aliphatic carboxylic acids is 1. The predicted octanol–water partition coefficient (Wildman–Crippen LogP) is 3.01. The smallest absolute Gasteiger partial charge is 0.337 e. The van der Waals surface area contributed by atoms with Crippen LogP contribution in [0.4, 0.5) is 14.5 Å². The third kappa shape index (κ3) is 4.87. The number of carboxylic acids is 1. The average Bonchev–Trinajstić information content (AvgIpc) is 2.95. The monoisotopic (exact) mass is 573 g/mol. The summed E-state index contributed by atoms with van der Waals surface area (Å²) in [5.41, 5.74) is -0.465. The first kappa shape index (κ1) is 28.1. The number of rotatable bonds is 7. The van der Waals surface area contributed by atoms with Gasteiger partial charge in [0.1, 0.15) is 23.2 Å². The lowest BCUT2D eigenvalue weighted by molar-refractivity contribution is -0.139. The van der Waals surface area contributed by atoms with E-state index in [1.807, 2.05) is 19.0 Å². The Morgan fingerprint density at radius 3 is 2.33 bits per heavy atom. The van der Waals surface area contributed by atoms with E-state index in [9.17, 15) is 33.1 Å². The summed E-state index contributed by atoms with van der Waals surface area (Å²) in [6.07, 6.45) is 1.12. The van der Waals surface area contributed by atoms with Crippen molar-refractivity contribution in [2.75, 3.05) is 19.0 Å². The van der Waals surface area contributed by atoms with Crippen molar-refractivity contribution < 1.29 is 23.5 Å². The fourth-order valence-corrected chi connectivity index (χ4v) is 4.89. The number of halogens is 2. The molecule has 1 unspecified atom stereocenters. The van der Waals surface area contributed by atoms with Gasteiger partial charge in [-0.2, -0.15) is 0 Å². The molecule has 42 heavy (non-hydrogen) atoms. The number of anilines is 1. The molecule has 5 aromatic rings. The minimum absolute atomic E-state index is 0.0430. The summed E-state index contributed by atoms with van der Waals surface area (Å²) >= 11 is 0. The molecule has 0 aliphatic heterocycles. The Bertz CT molecular complexity index is 2000. The molecule has 214 valence electrons. The van der Waals surface area contributed by atoms with Crippen molar-refractivity contribution >= 4 is 39.2 Å². The van der Waals surface area contributed by atoms with Gasteiger partial charge in [0, 0.05) is 44.8 Å². The molecular formula is C30H25F2N5O5. The summed E-state index contributed by atoms with van der Waals surface area (Å²) in [4.78, 5) is 58.0. The van der Waals surface area contributed by atoms with Gasteiger partial charge in [0.2, 0.25) is 0 Å². The second-order valence-corrected chi connectivity index (χ2v) is 9.89. The minimum Gasteiger partial charge on any atom is -0.480 e. The Morgan fingerprint density at radius 1 is 0.976 bits per heavy atom. The number of amides is 1. The quantitative estimate of drug-likeness (QED) is 0.307. The molecule has 0 saturated carbocycles. The zero-order valence-corrected chi connectivity index (χ0v) is 22.8. The first-order valence-corrected chi connectivity index (χ1v) is 12.8. The molecule has 0 fully saturated rings. The van der Waals surface area contributed by atoms with E-state index < -0.39 is 46.4 Å². The molecular weight excluding hydrogens is 548 g/mol. The van der Waals surface area contributed by atoms with Crippen LogP contribution < -0.4 is 21.5 Å². The van der Waals surface area contributed by atoms with Crippen LogP contribution in [-0.4, -0.2) is 51.2 Å². The van der Waals surface area contributed by atoms with Crippen LogP contribution in [0.5, 0.6) is 0 Å². The third-order valence-electron chi connectivity index (χ3n) is 7.07. The fraction of sp³-hybridized carbons (Fsp3) is 0.167. The molecule has 12 heteroatoms. The van der Waals surface area contributed by atoms with Gasteiger partial charge >= 0.3 is 11.7 Å². The maximum atomic E-state index is 14.1. The Labute approximate surface area is 237 Å². The van der Waals surface area contributed by atoms with Gasteiger partial charge in [0.05, 0.1) is 10.9 Å². The maximum absolute atomic E-state index is 14.1. The van der Waals surface area contributed by atoms with Crippen LogP contribution in [0.1, 0.15) is 15.9 Å². The maximum Gasteiger partial charge on any atom is 0.337 e. The molecule has 0 aliphatic carbocycles. The van der Waals surface area contributed by atoms with Crippen LogP contribution >= 0.6 is 0 Å². The molecule has 1 atom stereocenters. The van der Waals surface area contributed by atoms with Gasteiger partial charge in [-0.15, -0.1) is 0 Å². The molecule has 0 saturated heterocycles. The topological polar surface area (TPSA) is 127 Å². The lowest BCUT2D eigenvalue weighted by atomic mass is 9.99. The molecule has 3 aromatic carbocycles. The highest BCUT2D eigenvalue weighted by Gasteiger charge is 2.26. The number of carbonyl (C=O) groups is 2. The summed E-state index contributed by atoms with van der Waals surface area (Å²) in [6, 6.07) is 12.9. The second kappa shape index (κ2) is 10.9. The van der Waals surface area contributed by atoms with Crippen molar-refractivity contribution in [2.24, 2.45) is 7.05 Å². The van der Waals surface area contributed by atoms with E-state index in [-0.39, 0.29) is 12.2 Å². The largest absolute Gasteiger partial charge is 0.480 e. The van der Waals surface area contributed by atoms with Crippen LogP contribution in [0, 0.1) is 11.6 Å². The molecule has 2 aromatic heterocycles. The molecule has 2 N–H and O–H groups in total. The number of nitrogens with one attached hydrogen (secondary N) is 1. The zero-order chi connectivity index (χ0) is 30.3.